The number of hydrogen-bond acceptors (Lipinski definition) is 8. The number of rotatable bonds is 8. The molecule has 0 bridgehead atoms. The molecule has 3 aromatic rings. The van der Waals surface area contributed by atoms with E-state index >= 15 is 0 Å². The number of hydrogen-bond donors (Lipinski definition) is 4. The molecule has 0 fully saturated rings. The molecule has 0 spiro atoms. The molecular weight excluding hydrogens is 470 g/mol. The van der Waals surface area contributed by atoms with Gasteiger partial charge in [0.1, 0.15) is 0 Å². The number of aromatic hydroxyl groups is 2. The molecular formula is C21H21N3O7S2. The Kier molecular flexibility index (Phi) is 7.31. The minimum Gasteiger partial charge on any atom is -0.494 e. The van der Waals surface area contributed by atoms with Gasteiger partial charge in [-0.05, 0) is 55.5 Å². The van der Waals surface area contributed by atoms with Gasteiger partial charge in [-0.1, -0.05) is 0 Å². The van der Waals surface area contributed by atoms with Crippen molar-refractivity contribution in [2.24, 2.45) is 5.14 Å². The van der Waals surface area contributed by atoms with E-state index in [0.717, 1.165) is 11.8 Å². The van der Waals surface area contributed by atoms with Crippen molar-refractivity contribution in [1.82, 2.24) is 4.57 Å². The summed E-state index contributed by atoms with van der Waals surface area (Å²) >= 11 is 0.993. The van der Waals surface area contributed by atoms with Crippen molar-refractivity contribution in [1.29, 1.82) is 0 Å². The summed E-state index contributed by atoms with van der Waals surface area (Å²) in [5, 5.41) is 28.4. The number of thioether (sulfide) groups is 1. The number of nitrogens with zero attached hydrogens (tertiary/aromatic N) is 1. The van der Waals surface area contributed by atoms with E-state index in [-0.39, 0.29) is 33.9 Å². The van der Waals surface area contributed by atoms with Gasteiger partial charge >= 0.3 is 5.97 Å². The number of amides is 1. The molecule has 1 amide bonds. The normalized spacial score (nSPS) is 11.2. The third kappa shape index (κ3) is 5.86. The molecule has 0 saturated carbocycles. The maximum Gasteiger partial charge on any atom is 0.338 e. The molecule has 10 nitrogen and oxygen atoms in total. The standard InChI is InChI=1S/C21H21N3O7S2/c1-2-31-21(28)13-3-7-15(8-4-13)24-19(26)11-17(20(24)27)32-12-18(25)23-14-5-9-16(10-6-14)33(22,29)30/h3-11,26-27H,2,12H2,1H3,(H,23,25)(H2,22,29,30). The zero-order chi connectivity index (χ0) is 24.2. The highest BCUT2D eigenvalue weighted by Gasteiger charge is 2.18. The Morgan fingerprint density at radius 1 is 1.09 bits per heavy atom. The first kappa shape index (κ1) is 24.2. The molecule has 0 atom stereocenters. The van der Waals surface area contributed by atoms with Crippen molar-refractivity contribution in [3.05, 3.63) is 60.2 Å². The fourth-order valence-corrected chi connectivity index (χ4v) is 4.14. The molecule has 0 unspecified atom stereocenters. The smallest absolute Gasteiger partial charge is 0.338 e. The predicted molar refractivity (Wildman–Crippen MR) is 122 cm³/mol. The first-order valence-corrected chi connectivity index (χ1v) is 12.1. The summed E-state index contributed by atoms with van der Waals surface area (Å²) in [7, 11) is -3.83. The molecule has 0 aliphatic rings. The second-order valence-corrected chi connectivity index (χ2v) is 9.28. The molecule has 174 valence electrons. The van der Waals surface area contributed by atoms with Crippen molar-refractivity contribution < 1.29 is 33.0 Å². The lowest BCUT2D eigenvalue weighted by Crippen LogP contribution is -2.15. The number of sulfonamides is 1. The van der Waals surface area contributed by atoms with E-state index in [1.54, 1.807) is 6.92 Å². The van der Waals surface area contributed by atoms with Crippen LogP contribution in [0.2, 0.25) is 0 Å². The second kappa shape index (κ2) is 9.98. The lowest BCUT2D eigenvalue weighted by atomic mass is 10.2. The summed E-state index contributed by atoms with van der Waals surface area (Å²) in [4.78, 5) is 24.2. The highest BCUT2D eigenvalue weighted by atomic mass is 32.2. The maximum absolute atomic E-state index is 12.2. The van der Waals surface area contributed by atoms with Gasteiger partial charge in [-0.25, -0.2) is 18.4 Å². The summed E-state index contributed by atoms with van der Waals surface area (Å²) in [6.45, 7) is 1.94. The van der Waals surface area contributed by atoms with Crippen LogP contribution < -0.4 is 10.5 Å². The average molecular weight is 492 g/mol. The fourth-order valence-electron chi connectivity index (χ4n) is 2.86. The van der Waals surface area contributed by atoms with Crippen LogP contribution in [0.1, 0.15) is 17.3 Å². The Morgan fingerprint density at radius 3 is 2.30 bits per heavy atom. The van der Waals surface area contributed by atoms with Crippen molar-refractivity contribution in [2.45, 2.75) is 16.7 Å². The molecule has 2 aromatic carbocycles. The van der Waals surface area contributed by atoms with Gasteiger partial charge in [0.25, 0.3) is 0 Å². The third-order valence-electron chi connectivity index (χ3n) is 4.38. The van der Waals surface area contributed by atoms with Crippen LogP contribution in [0.3, 0.4) is 0 Å². The Balaban J connectivity index is 1.66. The van der Waals surface area contributed by atoms with Crippen LogP contribution in [0.15, 0.2) is 64.4 Å². The van der Waals surface area contributed by atoms with Crippen LogP contribution in [0, 0.1) is 0 Å². The van der Waals surface area contributed by atoms with Crippen LogP contribution >= 0.6 is 11.8 Å². The molecule has 0 radical (unpaired) electrons. The van der Waals surface area contributed by atoms with Gasteiger partial charge in [-0.2, -0.15) is 0 Å². The van der Waals surface area contributed by atoms with Gasteiger partial charge in [-0.3, -0.25) is 9.36 Å². The number of carbonyl (C=O) groups is 2. The zero-order valence-electron chi connectivity index (χ0n) is 17.4. The van der Waals surface area contributed by atoms with Crippen LogP contribution in [0.4, 0.5) is 5.69 Å². The van der Waals surface area contributed by atoms with E-state index in [0.29, 0.717) is 16.9 Å². The van der Waals surface area contributed by atoms with E-state index < -0.39 is 21.9 Å². The average Bonchev–Trinajstić information content (AvgIpc) is 3.05. The second-order valence-electron chi connectivity index (χ2n) is 6.70. The van der Waals surface area contributed by atoms with Crippen molar-refractivity contribution >= 4 is 39.3 Å². The number of ether oxygens (including phenoxy) is 1. The fraction of sp³-hybridized carbons (Fsp3) is 0.143. The van der Waals surface area contributed by atoms with E-state index in [1.807, 2.05) is 0 Å². The van der Waals surface area contributed by atoms with Crippen molar-refractivity contribution in [3.63, 3.8) is 0 Å². The van der Waals surface area contributed by atoms with Crippen LogP contribution in [0.25, 0.3) is 5.69 Å². The number of anilines is 1. The van der Waals surface area contributed by atoms with Gasteiger partial charge < -0.3 is 20.3 Å². The summed E-state index contributed by atoms with van der Waals surface area (Å²) < 4.78 is 28.7. The Labute approximate surface area is 194 Å². The van der Waals surface area contributed by atoms with E-state index in [2.05, 4.69) is 5.32 Å². The molecule has 5 N–H and O–H groups in total. The number of carbonyl (C=O) groups excluding carboxylic acids is 2. The third-order valence-corrected chi connectivity index (χ3v) is 6.33. The highest BCUT2D eigenvalue weighted by molar-refractivity contribution is 8.00. The molecule has 33 heavy (non-hydrogen) atoms. The largest absolute Gasteiger partial charge is 0.494 e. The van der Waals surface area contributed by atoms with E-state index in [1.165, 1.54) is 59.2 Å². The quantitative estimate of drug-likeness (QED) is 0.276. The van der Waals surface area contributed by atoms with E-state index in [9.17, 15) is 28.2 Å². The molecule has 12 heteroatoms. The predicted octanol–water partition coefficient (Wildman–Crippen LogP) is 2.44. The van der Waals surface area contributed by atoms with Gasteiger partial charge in [-0.15, -0.1) is 11.8 Å². The van der Waals surface area contributed by atoms with Crippen molar-refractivity contribution in [2.75, 3.05) is 17.7 Å². The number of esters is 1. The molecule has 0 aliphatic carbocycles. The van der Waals surface area contributed by atoms with Crippen LogP contribution in [-0.2, 0) is 19.6 Å². The zero-order valence-corrected chi connectivity index (χ0v) is 19.0. The summed E-state index contributed by atoms with van der Waals surface area (Å²) in [6.07, 6.45) is 0. The van der Waals surface area contributed by atoms with E-state index in [4.69, 9.17) is 9.88 Å². The molecule has 0 saturated heterocycles. The van der Waals surface area contributed by atoms with Gasteiger partial charge in [0.15, 0.2) is 5.88 Å². The number of nitrogens with one attached hydrogen (secondary N) is 1. The van der Waals surface area contributed by atoms with Crippen LogP contribution in [0.5, 0.6) is 11.8 Å². The minimum atomic E-state index is -3.83. The number of benzene rings is 2. The Hall–Kier alpha value is -3.48. The lowest BCUT2D eigenvalue weighted by molar-refractivity contribution is -0.113. The molecule has 1 aromatic heterocycles. The topological polar surface area (TPSA) is 161 Å². The summed E-state index contributed by atoms with van der Waals surface area (Å²) in [6, 6.07) is 12.8. The number of primary sulfonamides is 1. The SMILES string of the molecule is CCOC(=O)c1ccc(-n2c(O)cc(SCC(=O)Nc3ccc(S(N)(=O)=O)cc3)c2O)cc1. The minimum absolute atomic E-state index is 0.0769. The monoisotopic (exact) mass is 491 g/mol. The maximum atomic E-state index is 12.2. The first-order valence-electron chi connectivity index (χ1n) is 9.57. The van der Waals surface area contributed by atoms with Gasteiger partial charge in [0.05, 0.1) is 33.4 Å². The number of aromatic nitrogens is 1. The Morgan fingerprint density at radius 2 is 1.73 bits per heavy atom. The van der Waals surface area contributed by atoms with Gasteiger partial charge in [0.2, 0.25) is 21.8 Å². The summed E-state index contributed by atoms with van der Waals surface area (Å²) in [5.41, 5.74) is 1.11. The number of nitrogens with two attached hydrogens (primary N) is 1. The Bertz CT molecular complexity index is 1270. The molecule has 3 rings (SSSR count). The van der Waals surface area contributed by atoms with Gasteiger partial charge in [0, 0.05) is 11.8 Å². The van der Waals surface area contributed by atoms with Crippen LogP contribution in [-0.4, -0.2) is 47.4 Å². The molecule has 0 aliphatic heterocycles. The summed E-state index contributed by atoms with van der Waals surface area (Å²) in [5.74, 6) is -1.50. The molecule has 1 heterocycles. The highest BCUT2D eigenvalue weighted by Crippen LogP contribution is 2.38. The first-order chi connectivity index (χ1) is 15.6. The van der Waals surface area contributed by atoms with Crippen molar-refractivity contribution in [3.8, 4) is 17.4 Å². The lowest BCUT2D eigenvalue weighted by Gasteiger charge is -2.09.